The van der Waals surface area contributed by atoms with Crippen molar-refractivity contribution in [2.75, 3.05) is 0 Å². The van der Waals surface area contributed by atoms with E-state index in [2.05, 4.69) is 34.6 Å². The van der Waals surface area contributed by atoms with E-state index in [-0.39, 0.29) is 11.8 Å². The number of hydrogen-bond acceptors (Lipinski definition) is 10. The number of rotatable bonds is 4. The van der Waals surface area contributed by atoms with Gasteiger partial charge in [0, 0.05) is 54.4 Å². The number of cyclic esters (lactones) is 1. The second-order valence-electron chi connectivity index (χ2n) is 14.4. The molecule has 2 aliphatic heterocycles. The number of hydrogen-bond donors (Lipinski definition) is 0. The van der Waals surface area contributed by atoms with Crippen molar-refractivity contribution in [3.8, 4) is 0 Å². The first-order valence-corrected chi connectivity index (χ1v) is 15.0. The molecule has 6 rings (SSSR count). The van der Waals surface area contributed by atoms with Gasteiger partial charge < -0.3 is 28.1 Å². The molecule has 5 aliphatic rings. The fraction of sp³-hybridized carbons (Fsp3) is 0.750. The molecule has 0 N–H and O–H groups in total. The summed E-state index contributed by atoms with van der Waals surface area (Å²) in [5.41, 5.74) is -2.88. The van der Waals surface area contributed by atoms with Gasteiger partial charge >= 0.3 is 23.9 Å². The third kappa shape index (κ3) is 3.53. The standard InChI is InChI=1S/C32H42O10/c1-16(33)38-22-14-23(39-17(2)34)30(7)20-9-11-29(6)25(19-10-12-37-15-19)41-27(36)26-32(29,42-26)31(20,8)24(40-18(3)35)13-21(30)28(22,4)5/h10,12,15,20-26H,9,11,13-14H2,1-8H3/t20-,21+,22-,23+,24-,25+,26-,29+,30-,31+,32-/m1/s1. The summed E-state index contributed by atoms with van der Waals surface area (Å²) in [5.74, 6) is -2.01. The van der Waals surface area contributed by atoms with Gasteiger partial charge in [-0.05, 0) is 37.2 Å². The molecule has 42 heavy (non-hydrogen) atoms. The monoisotopic (exact) mass is 586 g/mol. The van der Waals surface area contributed by atoms with Crippen LogP contribution < -0.4 is 0 Å². The first-order chi connectivity index (χ1) is 19.5. The number of carbonyl (C=O) groups excluding carboxylic acids is 4. The SMILES string of the molecule is CC(=O)O[C@H]1C[C@@H](OC(C)=O)C(C)(C)[C@@H]2C[C@@H](OC(C)=O)[C@]3(C)[C@H](CC[C@@]4(C)[C@H](c5ccoc5)OC(=O)[C@H]5O[C@@]534)[C@@]12C. The number of epoxide rings is 1. The van der Waals surface area contributed by atoms with Crippen molar-refractivity contribution in [2.24, 2.45) is 33.5 Å². The van der Waals surface area contributed by atoms with Gasteiger partial charge in [-0.2, -0.15) is 0 Å². The molecule has 10 nitrogen and oxygen atoms in total. The molecule has 11 atom stereocenters. The highest BCUT2D eigenvalue weighted by Gasteiger charge is 2.89. The second-order valence-corrected chi connectivity index (χ2v) is 14.4. The summed E-state index contributed by atoms with van der Waals surface area (Å²) in [7, 11) is 0. The van der Waals surface area contributed by atoms with Gasteiger partial charge in [0.1, 0.15) is 30.0 Å². The minimum absolute atomic E-state index is 0.159. The Morgan fingerprint density at radius 3 is 2.05 bits per heavy atom. The van der Waals surface area contributed by atoms with Crippen LogP contribution in [0.4, 0.5) is 0 Å². The van der Waals surface area contributed by atoms with E-state index in [4.69, 9.17) is 28.1 Å². The molecule has 0 radical (unpaired) electrons. The Morgan fingerprint density at radius 2 is 1.45 bits per heavy atom. The largest absolute Gasteiger partial charge is 0.472 e. The van der Waals surface area contributed by atoms with Crippen molar-refractivity contribution in [1.29, 1.82) is 0 Å². The predicted octanol–water partition coefficient (Wildman–Crippen LogP) is 4.69. The molecular formula is C32H42O10. The molecule has 3 saturated carbocycles. The number of furan rings is 1. The zero-order valence-corrected chi connectivity index (χ0v) is 25.7. The predicted molar refractivity (Wildman–Crippen MR) is 145 cm³/mol. The second kappa shape index (κ2) is 9.07. The minimum atomic E-state index is -0.994. The van der Waals surface area contributed by atoms with Gasteiger partial charge in [0.25, 0.3) is 0 Å². The van der Waals surface area contributed by atoms with Crippen LogP contribution in [0, 0.1) is 33.5 Å². The van der Waals surface area contributed by atoms with E-state index in [1.54, 1.807) is 12.5 Å². The van der Waals surface area contributed by atoms with Crippen LogP contribution in [0.1, 0.15) is 92.7 Å². The first-order valence-electron chi connectivity index (χ1n) is 15.0. The molecule has 0 amide bonds. The van der Waals surface area contributed by atoms with Gasteiger partial charge in [0.05, 0.1) is 12.5 Å². The zero-order chi connectivity index (χ0) is 30.6. The molecule has 5 fully saturated rings. The molecule has 0 unspecified atom stereocenters. The Kier molecular flexibility index (Phi) is 6.30. The molecule has 1 spiro atoms. The maximum atomic E-state index is 13.5. The van der Waals surface area contributed by atoms with Crippen LogP contribution in [0.3, 0.4) is 0 Å². The van der Waals surface area contributed by atoms with E-state index in [9.17, 15) is 19.2 Å². The Bertz CT molecular complexity index is 1320. The van der Waals surface area contributed by atoms with Crippen molar-refractivity contribution in [2.45, 2.75) is 117 Å². The van der Waals surface area contributed by atoms with Crippen LogP contribution in [-0.2, 0) is 42.9 Å². The fourth-order valence-electron chi connectivity index (χ4n) is 10.6. The molecule has 0 aromatic carbocycles. The van der Waals surface area contributed by atoms with Gasteiger partial charge in [-0.1, -0.05) is 34.6 Å². The first kappa shape index (κ1) is 29.2. The summed E-state index contributed by atoms with van der Waals surface area (Å²) in [6, 6.07) is 1.81. The summed E-state index contributed by atoms with van der Waals surface area (Å²) in [4.78, 5) is 50.9. The normalized spacial score (nSPS) is 46.5. The summed E-state index contributed by atoms with van der Waals surface area (Å²) in [6.07, 6.45) is 2.16. The zero-order valence-electron chi connectivity index (χ0n) is 25.7. The van der Waals surface area contributed by atoms with Crippen LogP contribution in [0.25, 0.3) is 0 Å². The van der Waals surface area contributed by atoms with E-state index in [0.29, 0.717) is 25.7 Å². The average Bonchev–Trinajstić information content (AvgIpc) is 3.45. The van der Waals surface area contributed by atoms with Gasteiger partial charge in [-0.3, -0.25) is 14.4 Å². The fourth-order valence-corrected chi connectivity index (χ4v) is 10.6. The van der Waals surface area contributed by atoms with E-state index in [1.165, 1.54) is 20.8 Å². The van der Waals surface area contributed by atoms with Gasteiger partial charge in [0.15, 0.2) is 6.10 Å². The minimum Gasteiger partial charge on any atom is -0.472 e. The van der Waals surface area contributed by atoms with E-state index < -0.39 is 81.7 Å². The molecular weight excluding hydrogens is 544 g/mol. The molecule has 2 saturated heterocycles. The molecule has 230 valence electrons. The third-order valence-corrected chi connectivity index (χ3v) is 12.2. The average molecular weight is 587 g/mol. The smallest absolute Gasteiger partial charge is 0.339 e. The number of ether oxygens (including phenoxy) is 5. The van der Waals surface area contributed by atoms with Crippen molar-refractivity contribution in [3.63, 3.8) is 0 Å². The Morgan fingerprint density at radius 1 is 0.833 bits per heavy atom. The highest BCUT2D eigenvalue weighted by molar-refractivity contribution is 5.82. The van der Waals surface area contributed by atoms with E-state index in [0.717, 1.165) is 5.56 Å². The molecule has 3 heterocycles. The quantitative estimate of drug-likeness (QED) is 0.278. The highest BCUT2D eigenvalue weighted by Crippen LogP contribution is 2.80. The molecule has 0 bridgehead atoms. The lowest BCUT2D eigenvalue weighted by Crippen LogP contribution is -2.75. The van der Waals surface area contributed by atoms with E-state index in [1.807, 2.05) is 6.07 Å². The molecule has 1 aromatic rings. The summed E-state index contributed by atoms with van der Waals surface area (Å²) in [5, 5.41) is 0. The van der Waals surface area contributed by atoms with Gasteiger partial charge in [-0.25, -0.2) is 4.79 Å². The van der Waals surface area contributed by atoms with Crippen molar-refractivity contribution >= 4 is 23.9 Å². The molecule has 1 aromatic heterocycles. The lowest BCUT2D eigenvalue weighted by molar-refractivity contribution is -0.298. The Balaban J connectivity index is 1.54. The van der Waals surface area contributed by atoms with Crippen LogP contribution in [0.15, 0.2) is 23.0 Å². The highest BCUT2D eigenvalue weighted by atomic mass is 16.7. The van der Waals surface area contributed by atoms with Crippen LogP contribution in [0.5, 0.6) is 0 Å². The lowest BCUT2D eigenvalue weighted by atomic mass is 9.34. The number of fused-ring (bicyclic) bond motifs is 3. The Hall–Kier alpha value is -2.88. The molecule has 3 aliphatic carbocycles. The summed E-state index contributed by atoms with van der Waals surface area (Å²) in [6.45, 7) is 14.7. The van der Waals surface area contributed by atoms with E-state index >= 15 is 0 Å². The van der Waals surface area contributed by atoms with Gasteiger partial charge in [0.2, 0.25) is 0 Å². The van der Waals surface area contributed by atoms with Crippen LogP contribution >= 0.6 is 0 Å². The number of esters is 4. The summed E-state index contributed by atoms with van der Waals surface area (Å²) >= 11 is 0. The topological polar surface area (TPSA) is 131 Å². The van der Waals surface area contributed by atoms with Crippen LogP contribution in [-0.4, -0.2) is 53.9 Å². The third-order valence-electron chi connectivity index (χ3n) is 12.2. The number of carbonyl (C=O) groups is 4. The maximum Gasteiger partial charge on any atom is 0.339 e. The van der Waals surface area contributed by atoms with Crippen LogP contribution in [0.2, 0.25) is 0 Å². The summed E-state index contributed by atoms with van der Waals surface area (Å²) < 4.78 is 36.2. The van der Waals surface area contributed by atoms with Gasteiger partial charge in [-0.15, -0.1) is 0 Å². The maximum absolute atomic E-state index is 13.5. The van der Waals surface area contributed by atoms with Crippen molar-refractivity contribution in [1.82, 2.24) is 0 Å². The Labute approximate surface area is 246 Å². The lowest BCUT2D eigenvalue weighted by Gasteiger charge is -2.71. The van der Waals surface area contributed by atoms with Crippen molar-refractivity contribution in [3.05, 3.63) is 24.2 Å². The molecule has 10 heteroatoms. The van der Waals surface area contributed by atoms with Crippen molar-refractivity contribution < 1.29 is 47.3 Å².